The summed E-state index contributed by atoms with van der Waals surface area (Å²) in [5.41, 5.74) is 3.36. The van der Waals surface area contributed by atoms with Crippen molar-refractivity contribution < 1.29 is 0 Å². The number of benzene rings is 2. The number of hydrogen-bond acceptors (Lipinski definition) is 0. The molecule has 0 saturated carbocycles. The molecule has 100 valence electrons. The molecule has 0 spiro atoms. The Morgan fingerprint density at radius 3 is 2.00 bits per heavy atom. The summed E-state index contributed by atoms with van der Waals surface area (Å²) in [6.45, 7) is 3.74. The predicted octanol–water partition coefficient (Wildman–Crippen LogP) is 5.25. The van der Waals surface area contributed by atoms with Crippen LogP contribution in [0.2, 0.25) is 5.02 Å². The second kappa shape index (κ2) is 7.58. The van der Waals surface area contributed by atoms with Crippen molar-refractivity contribution in [1.82, 2.24) is 0 Å². The highest BCUT2D eigenvalue weighted by molar-refractivity contribution is 6.30. The summed E-state index contributed by atoms with van der Waals surface area (Å²) in [4.78, 5) is 0. The van der Waals surface area contributed by atoms with Gasteiger partial charge in [-0.05, 0) is 61.2 Å². The first-order valence-corrected chi connectivity index (χ1v) is 7.13. The highest BCUT2D eigenvalue weighted by Crippen LogP contribution is 2.10. The lowest BCUT2D eigenvalue weighted by atomic mass is 10.1. The van der Waals surface area contributed by atoms with Crippen LogP contribution >= 0.6 is 11.6 Å². The van der Waals surface area contributed by atoms with Gasteiger partial charge in [-0.1, -0.05) is 41.7 Å². The Labute approximate surface area is 126 Å². The van der Waals surface area contributed by atoms with E-state index in [2.05, 4.69) is 42.7 Å². The van der Waals surface area contributed by atoms with Crippen molar-refractivity contribution in [3.63, 3.8) is 0 Å². The summed E-state index contributed by atoms with van der Waals surface area (Å²) in [7, 11) is 0. The normalized spacial score (nSPS) is 9.65. The molecule has 0 atom stereocenters. The minimum absolute atomic E-state index is 0.736. The largest absolute Gasteiger partial charge is 0.103 e. The van der Waals surface area contributed by atoms with E-state index in [4.69, 9.17) is 11.6 Å². The fourth-order valence-corrected chi connectivity index (χ4v) is 2.01. The maximum atomic E-state index is 5.84. The fraction of sp³-hybridized carbons (Fsp3) is 0.158. The third kappa shape index (κ3) is 4.61. The van der Waals surface area contributed by atoms with Crippen molar-refractivity contribution >= 4 is 11.6 Å². The van der Waals surface area contributed by atoms with Gasteiger partial charge in [-0.2, -0.15) is 0 Å². The highest BCUT2D eigenvalue weighted by atomic mass is 35.5. The number of allylic oxidation sites excluding steroid dienone is 1. The molecule has 0 unspecified atom stereocenters. The predicted molar refractivity (Wildman–Crippen MR) is 87.0 cm³/mol. The van der Waals surface area contributed by atoms with E-state index in [1.807, 2.05) is 30.3 Å². The summed E-state index contributed by atoms with van der Waals surface area (Å²) in [6.07, 6.45) is 5.28. The molecule has 0 amide bonds. The van der Waals surface area contributed by atoms with Gasteiger partial charge in [-0.25, -0.2) is 0 Å². The molecule has 0 aliphatic carbocycles. The molecule has 0 fully saturated rings. The Hall–Kier alpha value is -1.97. The summed E-state index contributed by atoms with van der Waals surface area (Å²) in [5, 5.41) is 0.736. The minimum Gasteiger partial charge on any atom is -0.103 e. The first-order chi connectivity index (χ1) is 9.78. The first kappa shape index (κ1) is 14.4. The van der Waals surface area contributed by atoms with Gasteiger partial charge in [0.15, 0.2) is 0 Å². The second-order valence-electron chi connectivity index (χ2n) is 4.63. The zero-order chi connectivity index (χ0) is 14.2. The molecule has 2 aromatic carbocycles. The number of rotatable bonds is 4. The van der Waals surface area contributed by atoms with E-state index in [0.717, 1.165) is 35.4 Å². The SMILES string of the molecule is C=CCCCc1ccc(C#Cc2ccc(Cl)cc2)cc1. The van der Waals surface area contributed by atoms with Crippen LogP contribution in [0.15, 0.2) is 61.2 Å². The standard InChI is InChI=1S/C19H17Cl/c1-2-3-4-5-16-6-8-17(9-7-16)10-11-18-12-14-19(20)15-13-18/h2,6-9,12-15H,1,3-5H2. The van der Waals surface area contributed by atoms with E-state index < -0.39 is 0 Å². The molecule has 0 aromatic heterocycles. The average Bonchev–Trinajstić information content (AvgIpc) is 2.48. The Morgan fingerprint density at radius 2 is 1.45 bits per heavy atom. The zero-order valence-electron chi connectivity index (χ0n) is 11.4. The quantitative estimate of drug-likeness (QED) is 0.408. The van der Waals surface area contributed by atoms with Crippen LogP contribution < -0.4 is 0 Å². The van der Waals surface area contributed by atoms with Crippen LogP contribution in [-0.4, -0.2) is 0 Å². The Balaban J connectivity index is 2.00. The van der Waals surface area contributed by atoms with Crippen molar-refractivity contribution in [2.45, 2.75) is 19.3 Å². The van der Waals surface area contributed by atoms with Crippen molar-refractivity contribution in [3.8, 4) is 11.8 Å². The molecule has 0 radical (unpaired) electrons. The molecular formula is C19H17Cl. The van der Waals surface area contributed by atoms with Gasteiger partial charge in [0.2, 0.25) is 0 Å². The van der Waals surface area contributed by atoms with Gasteiger partial charge < -0.3 is 0 Å². The third-order valence-corrected chi connectivity index (χ3v) is 3.28. The average molecular weight is 281 g/mol. The van der Waals surface area contributed by atoms with Crippen LogP contribution in [0.3, 0.4) is 0 Å². The molecule has 20 heavy (non-hydrogen) atoms. The maximum Gasteiger partial charge on any atom is 0.0406 e. The molecule has 1 heteroatoms. The van der Waals surface area contributed by atoms with Crippen LogP contribution in [-0.2, 0) is 6.42 Å². The minimum atomic E-state index is 0.736. The molecule has 0 heterocycles. The topological polar surface area (TPSA) is 0 Å². The van der Waals surface area contributed by atoms with Crippen LogP contribution in [0.1, 0.15) is 29.5 Å². The highest BCUT2D eigenvalue weighted by Gasteiger charge is 1.93. The molecule has 2 rings (SSSR count). The maximum absolute atomic E-state index is 5.84. The van der Waals surface area contributed by atoms with Crippen LogP contribution in [0.5, 0.6) is 0 Å². The van der Waals surface area contributed by atoms with Crippen molar-refractivity contribution in [3.05, 3.63) is 82.9 Å². The van der Waals surface area contributed by atoms with Gasteiger partial charge >= 0.3 is 0 Å². The Morgan fingerprint density at radius 1 is 0.900 bits per heavy atom. The molecule has 2 aromatic rings. The lowest BCUT2D eigenvalue weighted by Gasteiger charge is -1.99. The summed E-state index contributed by atoms with van der Waals surface area (Å²) in [6, 6.07) is 16.0. The molecular weight excluding hydrogens is 264 g/mol. The number of halogens is 1. The monoisotopic (exact) mass is 280 g/mol. The molecule has 0 aliphatic heterocycles. The molecule has 0 aliphatic rings. The lowest BCUT2D eigenvalue weighted by molar-refractivity contribution is 0.844. The van der Waals surface area contributed by atoms with Crippen LogP contribution in [0, 0.1) is 11.8 Å². The molecule has 0 nitrogen and oxygen atoms in total. The van der Waals surface area contributed by atoms with Crippen molar-refractivity contribution in [2.75, 3.05) is 0 Å². The van der Waals surface area contributed by atoms with E-state index in [9.17, 15) is 0 Å². The van der Waals surface area contributed by atoms with E-state index in [1.54, 1.807) is 0 Å². The molecule has 0 bridgehead atoms. The third-order valence-electron chi connectivity index (χ3n) is 3.02. The van der Waals surface area contributed by atoms with E-state index in [0.29, 0.717) is 0 Å². The number of hydrogen-bond donors (Lipinski definition) is 0. The van der Waals surface area contributed by atoms with Gasteiger partial charge in [0, 0.05) is 16.1 Å². The molecule has 0 saturated heterocycles. The van der Waals surface area contributed by atoms with Crippen molar-refractivity contribution in [2.24, 2.45) is 0 Å². The summed E-state index contributed by atoms with van der Waals surface area (Å²) >= 11 is 5.84. The Kier molecular flexibility index (Phi) is 5.47. The summed E-state index contributed by atoms with van der Waals surface area (Å²) in [5.74, 6) is 6.30. The number of aryl methyl sites for hydroxylation is 1. The van der Waals surface area contributed by atoms with Gasteiger partial charge in [-0.15, -0.1) is 6.58 Å². The first-order valence-electron chi connectivity index (χ1n) is 6.75. The van der Waals surface area contributed by atoms with Gasteiger partial charge in [0.05, 0.1) is 0 Å². The smallest absolute Gasteiger partial charge is 0.0406 e. The Bertz CT molecular complexity index is 610. The van der Waals surface area contributed by atoms with Gasteiger partial charge in [0.25, 0.3) is 0 Å². The fourth-order valence-electron chi connectivity index (χ4n) is 1.88. The zero-order valence-corrected chi connectivity index (χ0v) is 12.2. The second-order valence-corrected chi connectivity index (χ2v) is 5.07. The van der Waals surface area contributed by atoms with Crippen molar-refractivity contribution in [1.29, 1.82) is 0 Å². The van der Waals surface area contributed by atoms with E-state index in [-0.39, 0.29) is 0 Å². The van der Waals surface area contributed by atoms with Crippen LogP contribution in [0.25, 0.3) is 0 Å². The van der Waals surface area contributed by atoms with Gasteiger partial charge in [-0.3, -0.25) is 0 Å². The summed E-state index contributed by atoms with van der Waals surface area (Å²) < 4.78 is 0. The van der Waals surface area contributed by atoms with Gasteiger partial charge in [0.1, 0.15) is 0 Å². The van der Waals surface area contributed by atoms with E-state index in [1.165, 1.54) is 5.56 Å². The van der Waals surface area contributed by atoms with E-state index >= 15 is 0 Å². The number of unbranched alkanes of at least 4 members (excludes halogenated alkanes) is 1. The van der Waals surface area contributed by atoms with Crippen LogP contribution in [0.4, 0.5) is 0 Å². The molecule has 0 N–H and O–H groups in total. The lowest BCUT2D eigenvalue weighted by Crippen LogP contribution is -1.85.